The summed E-state index contributed by atoms with van der Waals surface area (Å²) in [6.07, 6.45) is 3.45. The standard InChI is InChI=1S/C20H31N3O3S/c1-15(2)21-7-4-17(5-8-21)26-19-13-16-3-6-23(14-18(16)27-19)20(24)22-9-11-25-12-10-22/h13,15,17H,3-12,14H2,1-2H3. The summed E-state index contributed by atoms with van der Waals surface area (Å²) in [7, 11) is 0. The van der Waals surface area contributed by atoms with Crippen molar-refractivity contribution in [1.29, 1.82) is 0 Å². The lowest BCUT2D eigenvalue weighted by molar-refractivity contribution is 0.0423. The zero-order chi connectivity index (χ0) is 18.8. The van der Waals surface area contributed by atoms with E-state index >= 15 is 0 Å². The first-order valence-electron chi connectivity index (χ1n) is 10.2. The minimum Gasteiger partial charge on any atom is -0.481 e. The molecule has 0 saturated carbocycles. The molecule has 0 aliphatic carbocycles. The van der Waals surface area contributed by atoms with Crippen molar-refractivity contribution in [2.75, 3.05) is 45.9 Å². The maximum atomic E-state index is 12.7. The number of amides is 2. The largest absolute Gasteiger partial charge is 0.481 e. The van der Waals surface area contributed by atoms with Crippen LogP contribution in [0.3, 0.4) is 0 Å². The van der Waals surface area contributed by atoms with Gasteiger partial charge in [0.05, 0.1) is 19.8 Å². The van der Waals surface area contributed by atoms with E-state index in [4.69, 9.17) is 9.47 Å². The highest BCUT2D eigenvalue weighted by Gasteiger charge is 2.28. The molecule has 150 valence electrons. The molecule has 3 aliphatic rings. The Morgan fingerprint density at radius 2 is 1.89 bits per heavy atom. The molecule has 0 spiro atoms. The van der Waals surface area contributed by atoms with Gasteiger partial charge in [-0.3, -0.25) is 0 Å². The molecule has 4 rings (SSSR count). The van der Waals surface area contributed by atoms with Gasteiger partial charge in [-0.05, 0) is 44.7 Å². The normalized spacial score (nSPS) is 22.2. The average molecular weight is 394 g/mol. The molecule has 0 unspecified atom stereocenters. The lowest BCUT2D eigenvalue weighted by Gasteiger charge is -2.34. The van der Waals surface area contributed by atoms with Crippen molar-refractivity contribution >= 4 is 17.4 Å². The second-order valence-electron chi connectivity index (χ2n) is 8.01. The number of nitrogens with zero attached hydrogens (tertiary/aromatic N) is 3. The van der Waals surface area contributed by atoms with Crippen LogP contribution in [-0.2, 0) is 17.7 Å². The first kappa shape index (κ1) is 19.0. The monoisotopic (exact) mass is 393 g/mol. The highest BCUT2D eigenvalue weighted by molar-refractivity contribution is 7.14. The number of likely N-dealkylation sites (tertiary alicyclic amines) is 1. The molecule has 1 aromatic heterocycles. The molecule has 2 fully saturated rings. The molecule has 27 heavy (non-hydrogen) atoms. The fraction of sp³-hybridized carbons (Fsp3) is 0.750. The zero-order valence-corrected chi connectivity index (χ0v) is 17.3. The molecular formula is C20H31N3O3S. The minimum absolute atomic E-state index is 0.154. The number of carbonyl (C=O) groups is 1. The van der Waals surface area contributed by atoms with Gasteiger partial charge in [-0.15, -0.1) is 11.3 Å². The summed E-state index contributed by atoms with van der Waals surface area (Å²) in [6, 6.07) is 2.99. The van der Waals surface area contributed by atoms with Crippen molar-refractivity contribution < 1.29 is 14.3 Å². The summed E-state index contributed by atoms with van der Waals surface area (Å²) >= 11 is 1.73. The Labute approximate surface area is 166 Å². The van der Waals surface area contributed by atoms with Crippen LogP contribution in [0.4, 0.5) is 4.79 Å². The summed E-state index contributed by atoms with van der Waals surface area (Å²) in [5, 5.41) is 1.03. The average Bonchev–Trinajstić information content (AvgIpc) is 3.10. The van der Waals surface area contributed by atoms with Crippen molar-refractivity contribution in [3.05, 3.63) is 16.5 Å². The first-order valence-corrected chi connectivity index (χ1v) is 11.1. The second-order valence-corrected chi connectivity index (χ2v) is 9.11. The smallest absolute Gasteiger partial charge is 0.320 e. The molecule has 0 radical (unpaired) electrons. The van der Waals surface area contributed by atoms with Gasteiger partial charge in [0.25, 0.3) is 0 Å². The Hall–Kier alpha value is -1.31. The van der Waals surface area contributed by atoms with E-state index in [2.05, 4.69) is 24.8 Å². The van der Waals surface area contributed by atoms with Gasteiger partial charge in [0.1, 0.15) is 6.10 Å². The van der Waals surface area contributed by atoms with Gasteiger partial charge in [0, 0.05) is 43.6 Å². The van der Waals surface area contributed by atoms with Gasteiger partial charge in [-0.2, -0.15) is 0 Å². The summed E-state index contributed by atoms with van der Waals surface area (Å²) < 4.78 is 11.7. The first-order chi connectivity index (χ1) is 13.1. The van der Waals surface area contributed by atoms with Crippen molar-refractivity contribution in [2.45, 2.75) is 51.8 Å². The van der Waals surface area contributed by atoms with Gasteiger partial charge in [-0.1, -0.05) is 0 Å². The molecule has 0 atom stereocenters. The Bertz CT molecular complexity index is 649. The quantitative estimate of drug-likeness (QED) is 0.792. The lowest BCUT2D eigenvalue weighted by Crippen LogP contribution is -2.49. The number of urea groups is 1. The van der Waals surface area contributed by atoms with Crippen LogP contribution in [0.5, 0.6) is 5.06 Å². The Balaban J connectivity index is 1.33. The Morgan fingerprint density at radius 1 is 1.15 bits per heavy atom. The highest BCUT2D eigenvalue weighted by Crippen LogP contribution is 2.35. The Morgan fingerprint density at radius 3 is 2.59 bits per heavy atom. The van der Waals surface area contributed by atoms with Crippen molar-refractivity contribution in [2.24, 2.45) is 0 Å². The molecule has 0 N–H and O–H groups in total. The van der Waals surface area contributed by atoms with Crippen LogP contribution in [0.25, 0.3) is 0 Å². The predicted molar refractivity (Wildman–Crippen MR) is 107 cm³/mol. The summed E-state index contributed by atoms with van der Waals surface area (Å²) in [5.41, 5.74) is 1.36. The maximum Gasteiger partial charge on any atom is 0.320 e. The summed E-state index contributed by atoms with van der Waals surface area (Å²) in [5.74, 6) is 0. The van der Waals surface area contributed by atoms with Crippen molar-refractivity contribution in [3.8, 4) is 5.06 Å². The summed E-state index contributed by atoms with van der Waals surface area (Å²) in [6.45, 7) is 11.0. The molecule has 1 aromatic rings. The zero-order valence-electron chi connectivity index (χ0n) is 16.5. The van der Waals surface area contributed by atoms with E-state index in [0.29, 0.717) is 45.0 Å². The number of fused-ring (bicyclic) bond motifs is 1. The number of rotatable bonds is 3. The number of hydrogen-bond acceptors (Lipinski definition) is 5. The van der Waals surface area contributed by atoms with Crippen LogP contribution in [0.1, 0.15) is 37.1 Å². The maximum absolute atomic E-state index is 12.7. The number of carbonyl (C=O) groups excluding carboxylic acids is 1. The van der Waals surface area contributed by atoms with E-state index in [9.17, 15) is 4.79 Å². The molecule has 0 bridgehead atoms. The van der Waals surface area contributed by atoms with Crippen molar-refractivity contribution in [1.82, 2.24) is 14.7 Å². The molecule has 2 saturated heterocycles. The molecule has 0 aromatic carbocycles. The number of morpholine rings is 1. The third-order valence-corrected chi connectivity index (χ3v) is 6.95. The van der Waals surface area contributed by atoms with E-state index < -0.39 is 0 Å². The van der Waals surface area contributed by atoms with Crippen LogP contribution in [0.2, 0.25) is 0 Å². The number of thiophene rings is 1. The number of piperidine rings is 1. The third kappa shape index (κ3) is 4.41. The fourth-order valence-electron chi connectivity index (χ4n) is 4.14. The van der Waals surface area contributed by atoms with E-state index in [1.165, 1.54) is 10.4 Å². The molecule has 3 aliphatic heterocycles. The molecule has 4 heterocycles. The van der Waals surface area contributed by atoms with Crippen LogP contribution >= 0.6 is 11.3 Å². The minimum atomic E-state index is 0.154. The van der Waals surface area contributed by atoms with Crippen LogP contribution < -0.4 is 4.74 Å². The fourth-order valence-corrected chi connectivity index (χ4v) is 5.28. The topological polar surface area (TPSA) is 45.2 Å². The SMILES string of the molecule is CC(C)N1CCC(Oc2cc3c(s2)CN(C(=O)N2CCOCC2)CC3)CC1. The van der Waals surface area contributed by atoms with E-state index in [0.717, 1.165) is 44.0 Å². The third-order valence-electron chi connectivity index (χ3n) is 5.90. The van der Waals surface area contributed by atoms with Crippen LogP contribution in [0, 0.1) is 0 Å². The summed E-state index contributed by atoms with van der Waals surface area (Å²) in [4.78, 5) is 20.4. The Kier molecular flexibility index (Phi) is 5.90. The molecule has 2 amide bonds. The molecular weight excluding hydrogens is 362 g/mol. The molecule has 6 nitrogen and oxygen atoms in total. The highest BCUT2D eigenvalue weighted by atomic mass is 32.1. The number of ether oxygens (including phenoxy) is 2. The van der Waals surface area contributed by atoms with E-state index in [1.807, 2.05) is 9.80 Å². The van der Waals surface area contributed by atoms with E-state index in [1.54, 1.807) is 11.3 Å². The van der Waals surface area contributed by atoms with Crippen LogP contribution in [0.15, 0.2) is 6.07 Å². The molecule has 7 heteroatoms. The van der Waals surface area contributed by atoms with Crippen LogP contribution in [-0.4, -0.2) is 78.8 Å². The van der Waals surface area contributed by atoms with Gasteiger partial charge in [0.15, 0.2) is 5.06 Å². The second kappa shape index (κ2) is 8.37. The van der Waals surface area contributed by atoms with Crippen molar-refractivity contribution in [3.63, 3.8) is 0 Å². The van der Waals surface area contributed by atoms with Gasteiger partial charge >= 0.3 is 6.03 Å². The lowest BCUT2D eigenvalue weighted by atomic mass is 10.1. The predicted octanol–water partition coefficient (Wildman–Crippen LogP) is 2.81. The van der Waals surface area contributed by atoms with Gasteiger partial charge in [0.2, 0.25) is 0 Å². The van der Waals surface area contributed by atoms with E-state index in [-0.39, 0.29) is 6.03 Å². The van der Waals surface area contributed by atoms with Gasteiger partial charge < -0.3 is 24.2 Å². The number of hydrogen-bond donors (Lipinski definition) is 0. The van der Waals surface area contributed by atoms with Gasteiger partial charge in [-0.25, -0.2) is 4.79 Å².